The summed E-state index contributed by atoms with van der Waals surface area (Å²) in [6.07, 6.45) is 3.36. The number of aryl methyl sites for hydroxylation is 2. The number of thioether (sulfide) groups is 1. The number of hydrogen-bond acceptors (Lipinski definition) is 7. The molecule has 0 spiro atoms. The van der Waals surface area contributed by atoms with Crippen LogP contribution in [0.15, 0.2) is 53.8 Å². The molecule has 0 aliphatic carbocycles. The topological polar surface area (TPSA) is 70.6 Å². The molecule has 178 valence electrons. The van der Waals surface area contributed by atoms with E-state index < -0.39 is 0 Å². The standard InChI is InChI=1S/C25H28ClN5O2S/c1-17-4-5-18(2)21(14-17)30-10-12-31(13-11-30)24-25(28-9-8-27-24)34-16-23(32)29-20-15-19(26)6-7-22(20)33-3/h4-9,14-15H,10-13,16H2,1-3H3,(H,29,32). The van der Waals surface area contributed by atoms with Crippen LogP contribution in [0.3, 0.4) is 0 Å². The number of carbonyl (C=O) groups excluding carboxylic acids is 1. The molecule has 0 atom stereocenters. The van der Waals surface area contributed by atoms with E-state index in [-0.39, 0.29) is 11.7 Å². The smallest absolute Gasteiger partial charge is 0.234 e. The van der Waals surface area contributed by atoms with Gasteiger partial charge in [0.25, 0.3) is 0 Å². The Morgan fingerprint density at radius 3 is 2.56 bits per heavy atom. The van der Waals surface area contributed by atoms with Crippen LogP contribution in [0.1, 0.15) is 11.1 Å². The van der Waals surface area contributed by atoms with Crippen molar-refractivity contribution in [3.63, 3.8) is 0 Å². The normalized spacial score (nSPS) is 13.6. The maximum Gasteiger partial charge on any atom is 0.234 e. The van der Waals surface area contributed by atoms with Crippen molar-refractivity contribution in [3.8, 4) is 5.75 Å². The van der Waals surface area contributed by atoms with Crippen LogP contribution in [-0.2, 0) is 4.79 Å². The molecule has 1 aliphatic heterocycles. The number of nitrogens with one attached hydrogen (secondary N) is 1. The summed E-state index contributed by atoms with van der Waals surface area (Å²) in [6, 6.07) is 11.7. The lowest BCUT2D eigenvalue weighted by Crippen LogP contribution is -2.47. The zero-order chi connectivity index (χ0) is 24.1. The monoisotopic (exact) mass is 497 g/mol. The summed E-state index contributed by atoms with van der Waals surface area (Å²) in [7, 11) is 1.56. The molecule has 3 aromatic rings. The van der Waals surface area contributed by atoms with Gasteiger partial charge in [-0.15, -0.1) is 0 Å². The number of anilines is 3. The van der Waals surface area contributed by atoms with E-state index in [0.717, 1.165) is 37.0 Å². The quantitative estimate of drug-likeness (QED) is 0.469. The van der Waals surface area contributed by atoms with Gasteiger partial charge in [-0.25, -0.2) is 9.97 Å². The van der Waals surface area contributed by atoms with Crippen LogP contribution in [0.2, 0.25) is 5.02 Å². The number of amides is 1. The highest BCUT2D eigenvalue weighted by atomic mass is 35.5. The Balaban J connectivity index is 1.38. The molecule has 0 saturated carbocycles. The molecular formula is C25H28ClN5O2S. The van der Waals surface area contributed by atoms with Gasteiger partial charge in [0.05, 0.1) is 18.6 Å². The van der Waals surface area contributed by atoms with Crippen LogP contribution >= 0.6 is 23.4 Å². The van der Waals surface area contributed by atoms with Gasteiger partial charge >= 0.3 is 0 Å². The summed E-state index contributed by atoms with van der Waals surface area (Å²) < 4.78 is 5.30. The van der Waals surface area contributed by atoms with E-state index in [0.29, 0.717) is 16.5 Å². The fourth-order valence-electron chi connectivity index (χ4n) is 3.95. The predicted molar refractivity (Wildman–Crippen MR) is 140 cm³/mol. The molecule has 1 amide bonds. The Kier molecular flexibility index (Phi) is 7.80. The minimum atomic E-state index is -0.165. The SMILES string of the molecule is COc1ccc(Cl)cc1NC(=O)CSc1nccnc1N1CCN(c2cc(C)ccc2C)CC1. The van der Waals surface area contributed by atoms with Gasteiger partial charge in [-0.1, -0.05) is 35.5 Å². The number of carbonyl (C=O) groups is 1. The maximum atomic E-state index is 12.6. The Labute approximate surface area is 209 Å². The molecule has 4 rings (SSSR count). The maximum absolute atomic E-state index is 12.6. The van der Waals surface area contributed by atoms with Crippen LogP contribution in [0.25, 0.3) is 0 Å². The van der Waals surface area contributed by atoms with E-state index in [4.69, 9.17) is 16.3 Å². The molecule has 9 heteroatoms. The minimum Gasteiger partial charge on any atom is -0.495 e. The van der Waals surface area contributed by atoms with Crippen LogP contribution < -0.4 is 19.9 Å². The minimum absolute atomic E-state index is 0.165. The largest absolute Gasteiger partial charge is 0.495 e. The van der Waals surface area contributed by atoms with Crippen LogP contribution in [0, 0.1) is 13.8 Å². The van der Waals surface area contributed by atoms with Crippen molar-refractivity contribution in [2.75, 3.05) is 54.2 Å². The van der Waals surface area contributed by atoms with Crippen LogP contribution in [0.5, 0.6) is 5.75 Å². The van der Waals surface area contributed by atoms with Crippen molar-refractivity contribution in [2.24, 2.45) is 0 Å². The second-order valence-electron chi connectivity index (χ2n) is 8.13. The summed E-state index contributed by atoms with van der Waals surface area (Å²) in [4.78, 5) is 26.4. The molecular weight excluding hydrogens is 470 g/mol. The molecule has 1 N–H and O–H groups in total. The van der Waals surface area contributed by atoms with E-state index in [1.165, 1.54) is 28.6 Å². The molecule has 34 heavy (non-hydrogen) atoms. The van der Waals surface area contributed by atoms with Crippen LogP contribution in [-0.4, -0.2) is 54.9 Å². The Morgan fingerprint density at radius 1 is 1.06 bits per heavy atom. The molecule has 1 aliphatic rings. The molecule has 1 aromatic heterocycles. The fraction of sp³-hybridized carbons (Fsp3) is 0.320. The van der Waals surface area contributed by atoms with Gasteiger partial charge in [-0.05, 0) is 49.2 Å². The second kappa shape index (κ2) is 11.0. The van der Waals surface area contributed by atoms with Gasteiger partial charge in [0.2, 0.25) is 5.91 Å². The highest BCUT2D eigenvalue weighted by Crippen LogP contribution is 2.30. The molecule has 1 fully saturated rings. The number of benzene rings is 2. The van der Waals surface area contributed by atoms with Crippen molar-refractivity contribution >= 4 is 46.5 Å². The van der Waals surface area contributed by atoms with Gasteiger partial charge in [-0.2, -0.15) is 0 Å². The predicted octanol–water partition coefficient (Wildman–Crippen LogP) is 4.81. The van der Waals surface area contributed by atoms with E-state index >= 15 is 0 Å². The Morgan fingerprint density at radius 2 is 1.79 bits per heavy atom. The third kappa shape index (κ3) is 5.74. The Bertz CT molecular complexity index is 1170. The summed E-state index contributed by atoms with van der Waals surface area (Å²) in [5.74, 6) is 1.41. The highest BCUT2D eigenvalue weighted by Gasteiger charge is 2.22. The van der Waals surface area contributed by atoms with Crippen molar-refractivity contribution in [1.29, 1.82) is 0 Å². The summed E-state index contributed by atoms with van der Waals surface area (Å²) in [6.45, 7) is 7.76. The van der Waals surface area contributed by atoms with Crippen molar-refractivity contribution < 1.29 is 9.53 Å². The van der Waals surface area contributed by atoms with E-state index in [2.05, 4.69) is 57.1 Å². The number of rotatable bonds is 7. The first-order valence-electron chi connectivity index (χ1n) is 11.1. The molecule has 0 bridgehead atoms. The lowest BCUT2D eigenvalue weighted by molar-refractivity contribution is -0.113. The number of methoxy groups -OCH3 is 1. The average Bonchev–Trinajstić information content (AvgIpc) is 2.85. The number of nitrogens with zero attached hydrogens (tertiary/aromatic N) is 4. The molecule has 0 unspecified atom stereocenters. The first kappa shape index (κ1) is 24.2. The highest BCUT2D eigenvalue weighted by molar-refractivity contribution is 8.00. The molecule has 2 aromatic carbocycles. The Hall–Kier alpha value is -2.97. The van der Waals surface area contributed by atoms with Gasteiger partial charge < -0.3 is 19.9 Å². The van der Waals surface area contributed by atoms with Gasteiger partial charge in [0.15, 0.2) is 5.82 Å². The van der Waals surface area contributed by atoms with E-state index in [9.17, 15) is 4.79 Å². The van der Waals surface area contributed by atoms with Gasteiger partial charge in [0.1, 0.15) is 10.8 Å². The molecule has 1 saturated heterocycles. The van der Waals surface area contributed by atoms with Crippen LogP contribution in [0.4, 0.5) is 17.2 Å². The summed E-state index contributed by atoms with van der Waals surface area (Å²) in [5, 5.41) is 4.14. The lowest BCUT2D eigenvalue weighted by atomic mass is 10.1. The third-order valence-electron chi connectivity index (χ3n) is 5.71. The summed E-state index contributed by atoms with van der Waals surface area (Å²) in [5.41, 5.74) is 4.39. The zero-order valence-electron chi connectivity index (χ0n) is 19.5. The van der Waals surface area contributed by atoms with E-state index in [1.807, 2.05) is 0 Å². The van der Waals surface area contributed by atoms with Crippen molar-refractivity contribution in [1.82, 2.24) is 9.97 Å². The second-order valence-corrected chi connectivity index (χ2v) is 9.53. The molecule has 7 nitrogen and oxygen atoms in total. The fourth-order valence-corrected chi connectivity index (χ4v) is 4.91. The molecule has 0 radical (unpaired) electrons. The summed E-state index contributed by atoms with van der Waals surface area (Å²) >= 11 is 7.44. The first-order valence-corrected chi connectivity index (χ1v) is 12.5. The first-order chi connectivity index (χ1) is 16.4. The van der Waals surface area contributed by atoms with Gasteiger partial charge in [0, 0.05) is 49.3 Å². The molecule has 2 heterocycles. The van der Waals surface area contributed by atoms with Crippen molar-refractivity contribution in [3.05, 3.63) is 64.9 Å². The average molecular weight is 498 g/mol. The third-order valence-corrected chi connectivity index (χ3v) is 6.91. The van der Waals surface area contributed by atoms with E-state index in [1.54, 1.807) is 37.7 Å². The number of piperazine rings is 1. The number of hydrogen-bond donors (Lipinski definition) is 1. The zero-order valence-corrected chi connectivity index (χ0v) is 21.1. The van der Waals surface area contributed by atoms with Crippen molar-refractivity contribution in [2.45, 2.75) is 18.9 Å². The number of aromatic nitrogens is 2. The number of halogens is 1. The van der Waals surface area contributed by atoms with Gasteiger partial charge in [-0.3, -0.25) is 4.79 Å². The number of ether oxygens (including phenoxy) is 1. The lowest BCUT2D eigenvalue weighted by Gasteiger charge is -2.37.